The molecular formula is C17H20BrN. The smallest absolute Gasteiger partial charge is 0.0348 e. The van der Waals surface area contributed by atoms with Crippen molar-refractivity contribution in [3.05, 3.63) is 40.9 Å². The van der Waals surface area contributed by atoms with Crippen LogP contribution in [-0.2, 0) is 0 Å². The molecule has 0 aliphatic heterocycles. The molecule has 2 heteroatoms. The molecule has 1 N–H and O–H groups in total. The molecule has 2 aromatic carbocycles. The first-order chi connectivity index (χ1) is 9.22. The van der Waals surface area contributed by atoms with Gasteiger partial charge in [-0.2, -0.15) is 0 Å². The summed E-state index contributed by atoms with van der Waals surface area (Å²) in [5, 5.41) is 6.26. The quantitative estimate of drug-likeness (QED) is 0.777. The molecule has 1 nitrogen and oxygen atoms in total. The molecule has 0 amide bonds. The average molecular weight is 318 g/mol. The molecule has 2 aromatic rings. The van der Waals surface area contributed by atoms with E-state index in [0.717, 1.165) is 10.4 Å². The second kappa shape index (κ2) is 5.54. The summed E-state index contributed by atoms with van der Waals surface area (Å²) in [5.41, 5.74) is 1.24. The average Bonchev–Trinajstić information content (AvgIpc) is 2.93. The van der Waals surface area contributed by atoms with Gasteiger partial charge in [-0.05, 0) is 60.7 Å². The Morgan fingerprint density at radius 3 is 2.53 bits per heavy atom. The van der Waals surface area contributed by atoms with Crippen LogP contribution in [0.4, 0.5) is 5.69 Å². The maximum Gasteiger partial charge on any atom is 0.0348 e. The van der Waals surface area contributed by atoms with E-state index in [-0.39, 0.29) is 0 Å². The first-order valence-corrected chi connectivity index (χ1v) is 7.97. The highest BCUT2D eigenvalue weighted by Crippen LogP contribution is 2.30. The van der Waals surface area contributed by atoms with Gasteiger partial charge < -0.3 is 5.32 Å². The molecule has 1 aliphatic carbocycles. The first kappa shape index (κ1) is 13.0. The van der Waals surface area contributed by atoms with Crippen LogP contribution >= 0.6 is 15.9 Å². The molecule has 0 aromatic heterocycles. The van der Waals surface area contributed by atoms with Crippen LogP contribution in [0.15, 0.2) is 40.9 Å². The number of fused-ring (bicyclic) bond motifs is 1. The fourth-order valence-corrected chi connectivity index (χ4v) is 3.52. The van der Waals surface area contributed by atoms with Crippen molar-refractivity contribution in [2.75, 3.05) is 5.32 Å². The molecule has 1 fully saturated rings. The van der Waals surface area contributed by atoms with Crippen molar-refractivity contribution >= 4 is 32.4 Å². The summed E-state index contributed by atoms with van der Waals surface area (Å²) in [6, 6.07) is 13.7. The topological polar surface area (TPSA) is 12.0 Å². The van der Waals surface area contributed by atoms with Crippen LogP contribution in [0.25, 0.3) is 10.8 Å². The molecule has 0 bridgehead atoms. The van der Waals surface area contributed by atoms with E-state index in [1.165, 1.54) is 42.1 Å². The highest BCUT2D eigenvalue weighted by atomic mass is 79.9. The highest BCUT2D eigenvalue weighted by molar-refractivity contribution is 9.10. The van der Waals surface area contributed by atoms with E-state index in [1.54, 1.807) is 0 Å². The van der Waals surface area contributed by atoms with Crippen molar-refractivity contribution in [1.29, 1.82) is 0 Å². The van der Waals surface area contributed by atoms with Crippen molar-refractivity contribution in [3.63, 3.8) is 0 Å². The predicted molar refractivity (Wildman–Crippen MR) is 86.7 cm³/mol. The standard InChI is InChI=1S/C17H20BrN/c1-12(13-4-2-3-5-13)19-17-9-7-14-10-16(18)8-6-15(14)11-17/h6-13,19H,2-5H2,1H3. The van der Waals surface area contributed by atoms with Crippen LogP contribution in [0, 0.1) is 5.92 Å². The largest absolute Gasteiger partial charge is 0.382 e. The summed E-state index contributed by atoms with van der Waals surface area (Å²) in [4.78, 5) is 0. The summed E-state index contributed by atoms with van der Waals surface area (Å²) in [7, 11) is 0. The Bertz CT molecular complexity index is 572. The first-order valence-electron chi connectivity index (χ1n) is 7.18. The normalized spacial score (nSPS) is 17.8. The number of nitrogens with one attached hydrogen (secondary N) is 1. The zero-order valence-electron chi connectivity index (χ0n) is 11.3. The van der Waals surface area contributed by atoms with Crippen LogP contribution in [0.2, 0.25) is 0 Å². The molecule has 0 spiro atoms. The van der Waals surface area contributed by atoms with Crippen molar-refractivity contribution in [2.45, 2.75) is 38.6 Å². The molecular weight excluding hydrogens is 298 g/mol. The van der Waals surface area contributed by atoms with Crippen molar-refractivity contribution < 1.29 is 0 Å². The molecule has 1 unspecified atom stereocenters. The summed E-state index contributed by atoms with van der Waals surface area (Å²) < 4.78 is 1.14. The number of rotatable bonds is 3. The molecule has 1 aliphatic rings. The van der Waals surface area contributed by atoms with E-state index in [2.05, 4.69) is 64.6 Å². The molecule has 1 atom stereocenters. The zero-order valence-corrected chi connectivity index (χ0v) is 12.9. The van der Waals surface area contributed by atoms with E-state index < -0.39 is 0 Å². The lowest BCUT2D eigenvalue weighted by molar-refractivity contribution is 0.482. The van der Waals surface area contributed by atoms with E-state index in [9.17, 15) is 0 Å². The van der Waals surface area contributed by atoms with Gasteiger partial charge in [0.1, 0.15) is 0 Å². The summed E-state index contributed by atoms with van der Waals surface area (Å²) in [6.07, 6.45) is 5.58. The number of benzene rings is 2. The van der Waals surface area contributed by atoms with Crippen LogP contribution in [0.1, 0.15) is 32.6 Å². The van der Waals surface area contributed by atoms with Crippen LogP contribution < -0.4 is 5.32 Å². The fraction of sp³-hybridized carbons (Fsp3) is 0.412. The Morgan fingerprint density at radius 1 is 1.05 bits per heavy atom. The van der Waals surface area contributed by atoms with Crippen molar-refractivity contribution in [3.8, 4) is 0 Å². The van der Waals surface area contributed by atoms with Gasteiger partial charge in [-0.15, -0.1) is 0 Å². The Labute approximate surface area is 123 Å². The molecule has 3 rings (SSSR count). The lowest BCUT2D eigenvalue weighted by atomic mass is 9.99. The summed E-state index contributed by atoms with van der Waals surface area (Å²) >= 11 is 3.52. The van der Waals surface area contributed by atoms with Gasteiger partial charge in [0.05, 0.1) is 0 Å². The molecule has 100 valence electrons. The third-order valence-electron chi connectivity index (χ3n) is 4.30. The number of hydrogen-bond donors (Lipinski definition) is 1. The monoisotopic (exact) mass is 317 g/mol. The second-order valence-corrected chi connectivity index (χ2v) is 6.60. The summed E-state index contributed by atoms with van der Waals surface area (Å²) in [6.45, 7) is 2.32. The lowest BCUT2D eigenvalue weighted by Crippen LogP contribution is -2.23. The lowest BCUT2D eigenvalue weighted by Gasteiger charge is -2.21. The number of anilines is 1. The van der Waals surface area contributed by atoms with E-state index in [1.807, 2.05) is 0 Å². The third kappa shape index (κ3) is 2.94. The van der Waals surface area contributed by atoms with Gasteiger partial charge in [0, 0.05) is 16.2 Å². The van der Waals surface area contributed by atoms with Crippen molar-refractivity contribution in [2.24, 2.45) is 5.92 Å². The zero-order chi connectivity index (χ0) is 13.2. The minimum atomic E-state index is 0.579. The molecule has 0 saturated heterocycles. The van der Waals surface area contributed by atoms with Crippen molar-refractivity contribution in [1.82, 2.24) is 0 Å². The van der Waals surface area contributed by atoms with Gasteiger partial charge in [0.25, 0.3) is 0 Å². The van der Waals surface area contributed by atoms with Gasteiger partial charge in [0.15, 0.2) is 0 Å². The Kier molecular flexibility index (Phi) is 3.79. The van der Waals surface area contributed by atoms with Gasteiger partial charge >= 0.3 is 0 Å². The van der Waals surface area contributed by atoms with Crippen LogP contribution in [0.3, 0.4) is 0 Å². The maximum atomic E-state index is 3.68. The minimum absolute atomic E-state index is 0.579. The number of halogens is 1. The molecule has 1 saturated carbocycles. The van der Waals surface area contributed by atoms with E-state index >= 15 is 0 Å². The second-order valence-electron chi connectivity index (χ2n) is 5.68. The Hall–Kier alpha value is -1.02. The Morgan fingerprint density at radius 2 is 1.74 bits per heavy atom. The molecule has 0 heterocycles. The highest BCUT2D eigenvalue weighted by Gasteiger charge is 2.21. The predicted octanol–water partition coefficient (Wildman–Crippen LogP) is 5.59. The van der Waals surface area contributed by atoms with E-state index in [4.69, 9.17) is 0 Å². The van der Waals surface area contributed by atoms with Crippen LogP contribution in [0.5, 0.6) is 0 Å². The summed E-state index contributed by atoms with van der Waals surface area (Å²) in [5.74, 6) is 0.848. The van der Waals surface area contributed by atoms with Gasteiger partial charge in [0.2, 0.25) is 0 Å². The van der Waals surface area contributed by atoms with Crippen LogP contribution in [-0.4, -0.2) is 6.04 Å². The Balaban J connectivity index is 1.79. The minimum Gasteiger partial charge on any atom is -0.382 e. The van der Waals surface area contributed by atoms with E-state index in [0.29, 0.717) is 6.04 Å². The SMILES string of the molecule is CC(Nc1ccc2cc(Br)ccc2c1)C1CCCC1. The maximum absolute atomic E-state index is 3.68. The molecule has 19 heavy (non-hydrogen) atoms. The fourth-order valence-electron chi connectivity index (χ4n) is 3.14. The number of hydrogen-bond acceptors (Lipinski definition) is 1. The van der Waals surface area contributed by atoms with Gasteiger partial charge in [-0.3, -0.25) is 0 Å². The van der Waals surface area contributed by atoms with Gasteiger partial charge in [-0.1, -0.05) is 40.9 Å². The van der Waals surface area contributed by atoms with Gasteiger partial charge in [-0.25, -0.2) is 0 Å². The molecule has 0 radical (unpaired) electrons. The third-order valence-corrected chi connectivity index (χ3v) is 4.80.